The van der Waals surface area contributed by atoms with Gasteiger partial charge in [-0.25, -0.2) is 4.98 Å². The number of aliphatic hydroxyl groups excluding tert-OH is 2. The maximum absolute atomic E-state index is 12.7. The van der Waals surface area contributed by atoms with Gasteiger partial charge in [0.15, 0.2) is 0 Å². The predicted molar refractivity (Wildman–Crippen MR) is 80.8 cm³/mol. The Bertz CT molecular complexity index is 522. The second kappa shape index (κ2) is 7.05. The van der Waals surface area contributed by atoms with E-state index < -0.39 is 30.1 Å². The zero-order valence-electron chi connectivity index (χ0n) is 13.2. The maximum atomic E-state index is 12.7. The standard InChI is InChI=1S/C16H23F3N2O2/c1-9(2)8-10-6-7-11(15(23)14(10)22)20-13-5-3-4-12(21-13)16(17,18)19/h3-5,9-11,14-15,22-23H,6-8H2,1-2H3,(H,20,21)/t10?,11-,14?,15?/m0/s1. The van der Waals surface area contributed by atoms with E-state index in [9.17, 15) is 23.4 Å². The summed E-state index contributed by atoms with van der Waals surface area (Å²) in [4.78, 5) is 3.54. The van der Waals surface area contributed by atoms with Crippen LogP contribution in [0.2, 0.25) is 0 Å². The molecule has 0 saturated heterocycles. The zero-order valence-corrected chi connectivity index (χ0v) is 13.2. The zero-order chi connectivity index (χ0) is 17.2. The first kappa shape index (κ1) is 18.0. The van der Waals surface area contributed by atoms with Crippen LogP contribution in [0.4, 0.5) is 19.0 Å². The lowest BCUT2D eigenvalue weighted by Gasteiger charge is -2.38. The Labute approximate surface area is 133 Å². The molecule has 0 amide bonds. The highest BCUT2D eigenvalue weighted by molar-refractivity contribution is 5.37. The van der Waals surface area contributed by atoms with E-state index in [1.807, 2.05) is 0 Å². The molecule has 1 aromatic heterocycles. The van der Waals surface area contributed by atoms with E-state index in [-0.39, 0.29) is 11.7 Å². The number of aromatic nitrogens is 1. The van der Waals surface area contributed by atoms with Gasteiger partial charge in [-0.1, -0.05) is 19.9 Å². The van der Waals surface area contributed by atoms with Crippen molar-refractivity contribution in [2.75, 3.05) is 5.32 Å². The minimum absolute atomic E-state index is 0.0116. The Kier molecular flexibility index (Phi) is 5.52. The van der Waals surface area contributed by atoms with Gasteiger partial charge < -0.3 is 15.5 Å². The van der Waals surface area contributed by atoms with Crippen LogP contribution in [0, 0.1) is 11.8 Å². The van der Waals surface area contributed by atoms with Gasteiger partial charge in [0.1, 0.15) is 17.6 Å². The third-order valence-corrected chi connectivity index (χ3v) is 4.24. The van der Waals surface area contributed by atoms with Crippen molar-refractivity contribution < 1.29 is 23.4 Å². The molecule has 0 radical (unpaired) electrons. The number of aliphatic hydroxyl groups is 2. The number of halogens is 3. The summed E-state index contributed by atoms with van der Waals surface area (Å²) < 4.78 is 38.0. The van der Waals surface area contributed by atoms with E-state index >= 15 is 0 Å². The van der Waals surface area contributed by atoms with Gasteiger partial charge in [-0.15, -0.1) is 0 Å². The topological polar surface area (TPSA) is 65.4 Å². The van der Waals surface area contributed by atoms with Gasteiger partial charge in [-0.2, -0.15) is 13.2 Å². The van der Waals surface area contributed by atoms with Crippen molar-refractivity contribution in [1.29, 1.82) is 0 Å². The maximum Gasteiger partial charge on any atom is 0.433 e. The van der Waals surface area contributed by atoms with Gasteiger partial charge in [0.05, 0.1) is 12.1 Å². The second-order valence-corrected chi connectivity index (χ2v) is 6.60. The van der Waals surface area contributed by atoms with Crippen LogP contribution >= 0.6 is 0 Å². The predicted octanol–water partition coefficient (Wildman–Crippen LogP) is 3.06. The van der Waals surface area contributed by atoms with Crippen molar-refractivity contribution in [1.82, 2.24) is 4.98 Å². The van der Waals surface area contributed by atoms with Gasteiger partial charge >= 0.3 is 6.18 Å². The minimum atomic E-state index is -4.51. The summed E-state index contributed by atoms with van der Waals surface area (Å²) in [5.41, 5.74) is -0.981. The molecule has 3 N–H and O–H groups in total. The van der Waals surface area contributed by atoms with Gasteiger partial charge in [0, 0.05) is 0 Å². The molecule has 1 heterocycles. The first-order valence-electron chi connectivity index (χ1n) is 7.85. The van der Waals surface area contributed by atoms with Crippen molar-refractivity contribution in [3.63, 3.8) is 0 Å². The van der Waals surface area contributed by atoms with E-state index in [1.54, 1.807) is 0 Å². The lowest BCUT2D eigenvalue weighted by atomic mass is 9.77. The van der Waals surface area contributed by atoms with Crippen LogP contribution in [0.1, 0.15) is 38.8 Å². The van der Waals surface area contributed by atoms with Crippen molar-refractivity contribution >= 4 is 5.82 Å². The molecule has 2 rings (SSSR count). The summed E-state index contributed by atoms with van der Waals surface area (Å²) in [6.45, 7) is 4.10. The molecule has 4 nitrogen and oxygen atoms in total. The molecule has 23 heavy (non-hydrogen) atoms. The summed E-state index contributed by atoms with van der Waals surface area (Å²) in [5.74, 6) is 0.479. The van der Waals surface area contributed by atoms with Gasteiger partial charge in [0.2, 0.25) is 0 Å². The minimum Gasteiger partial charge on any atom is -0.390 e. The number of hydrogen-bond donors (Lipinski definition) is 3. The largest absolute Gasteiger partial charge is 0.433 e. The van der Waals surface area contributed by atoms with Gasteiger partial charge in [-0.3, -0.25) is 0 Å². The summed E-state index contributed by atoms with van der Waals surface area (Å²) in [6.07, 6.45) is -4.31. The summed E-state index contributed by atoms with van der Waals surface area (Å²) in [6, 6.07) is 3.08. The number of pyridine rings is 1. The average Bonchev–Trinajstić information content (AvgIpc) is 2.46. The van der Waals surface area contributed by atoms with E-state index in [1.165, 1.54) is 12.1 Å². The summed E-state index contributed by atoms with van der Waals surface area (Å²) >= 11 is 0. The number of nitrogens with one attached hydrogen (secondary N) is 1. The van der Waals surface area contributed by atoms with E-state index in [2.05, 4.69) is 24.1 Å². The van der Waals surface area contributed by atoms with Gasteiger partial charge in [0.25, 0.3) is 0 Å². The Morgan fingerprint density at radius 3 is 2.52 bits per heavy atom. The SMILES string of the molecule is CC(C)CC1CC[C@H](Nc2cccc(C(F)(F)F)n2)C(O)C1O. The van der Waals surface area contributed by atoms with Crippen molar-refractivity contribution in [3.05, 3.63) is 23.9 Å². The molecule has 3 unspecified atom stereocenters. The fourth-order valence-corrected chi connectivity index (χ4v) is 3.14. The van der Waals surface area contributed by atoms with E-state index in [0.717, 1.165) is 12.5 Å². The van der Waals surface area contributed by atoms with Crippen molar-refractivity contribution in [3.8, 4) is 0 Å². The molecule has 1 saturated carbocycles. The molecule has 130 valence electrons. The van der Waals surface area contributed by atoms with Gasteiger partial charge in [-0.05, 0) is 43.2 Å². The molecule has 7 heteroatoms. The van der Waals surface area contributed by atoms with Crippen LogP contribution in [0.5, 0.6) is 0 Å². The molecule has 4 atom stereocenters. The summed E-state index contributed by atoms with van der Waals surface area (Å²) in [7, 11) is 0. The fraction of sp³-hybridized carbons (Fsp3) is 0.688. The smallest absolute Gasteiger partial charge is 0.390 e. The highest BCUT2D eigenvalue weighted by Gasteiger charge is 2.38. The highest BCUT2D eigenvalue weighted by atomic mass is 19.4. The first-order chi connectivity index (χ1) is 10.7. The number of alkyl halides is 3. The monoisotopic (exact) mass is 332 g/mol. The molecule has 1 fully saturated rings. The fourth-order valence-electron chi connectivity index (χ4n) is 3.14. The first-order valence-corrected chi connectivity index (χ1v) is 7.85. The molecular weight excluding hydrogens is 309 g/mol. The van der Waals surface area contributed by atoms with Crippen LogP contribution in [-0.4, -0.2) is 33.4 Å². The molecule has 1 aliphatic carbocycles. The number of hydrogen-bond acceptors (Lipinski definition) is 4. The third kappa shape index (κ3) is 4.57. The van der Waals surface area contributed by atoms with E-state index in [4.69, 9.17) is 0 Å². The van der Waals surface area contributed by atoms with Crippen LogP contribution in [0.25, 0.3) is 0 Å². The van der Waals surface area contributed by atoms with Crippen molar-refractivity contribution in [2.45, 2.75) is 57.5 Å². The molecule has 0 bridgehead atoms. The molecule has 0 aliphatic heterocycles. The van der Waals surface area contributed by atoms with Crippen LogP contribution in [0.15, 0.2) is 18.2 Å². The molecule has 0 spiro atoms. The highest BCUT2D eigenvalue weighted by Crippen LogP contribution is 2.32. The molecule has 0 aromatic carbocycles. The van der Waals surface area contributed by atoms with Crippen LogP contribution < -0.4 is 5.32 Å². The second-order valence-electron chi connectivity index (χ2n) is 6.60. The quantitative estimate of drug-likeness (QED) is 0.793. The lowest BCUT2D eigenvalue weighted by Crippen LogP contribution is -2.50. The summed E-state index contributed by atoms with van der Waals surface area (Å²) in [5, 5.41) is 23.3. The Morgan fingerprint density at radius 2 is 1.91 bits per heavy atom. The Hall–Kier alpha value is -1.34. The lowest BCUT2D eigenvalue weighted by molar-refractivity contribution is -0.141. The average molecular weight is 332 g/mol. The Morgan fingerprint density at radius 1 is 1.22 bits per heavy atom. The van der Waals surface area contributed by atoms with Crippen LogP contribution in [-0.2, 0) is 6.18 Å². The third-order valence-electron chi connectivity index (χ3n) is 4.24. The Balaban J connectivity index is 2.04. The molecular formula is C16H23F3N2O2. The number of rotatable bonds is 4. The van der Waals surface area contributed by atoms with E-state index in [0.29, 0.717) is 18.8 Å². The number of nitrogens with zero attached hydrogens (tertiary/aromatic N) is 1. The van der Waals surface area contributed by atoms with Crippen LogP contribution in [0.3, 0.4) is 0 Å². The number of anilines is 1. The normalized spacial score (nSPS) is 28.9. The molecule has 1 aliphatic rings. The molecule has 1 aromatic rings. The van der Waals surface area contributed by atoms with Crippen molar-refractivity contribution in [2.24, 2.45) is 11.8 Å².